The number of esters is 1. The molecule has 1 amide bonds. The van der Waals surface area contributed by atoms with E-state index >= 15 is 0 Å². The number of rotatable bonds is 5. The van der Waals surface area contributed by atoms with Gasteiger partial charge in [0, 0.05) is 5.56 Å². The summed E-state index contributed by atoms with van der Waals surface area (Å²) in [5.41, 5.74) is 2.44. The number of Topliss-reactive ketones (excluding diaryl/α,β-unsaturated/α-hetero) is 1. The van der Waals surface area contributed by atoms with Crippen LogP contribution in [0.2, 0.25) is 0 Å². The smallest absolute Gasteiger partial charge is 0.350 e. The van der Waals surface area contributed by atoms with E-state index in [1.54, 1.807) is 50.2 Å². The van der Waals surface area contributed by atoms with Gasteiger partial charge in [-0.1, -0.05) is 71.5 Å². The topological polar surface area (TPSA) is 96.8 Å². The molecule has 1 saturated heterocycles. The molecule has 1 unspecified atom stereocenters. The summed E-state index contributed by atoms with van der Waals surface area (Å²) in [5.74, 6) is -2.43. The van der Waals surface area contributed by atoms with Crippen molar-refractivity contribution in [2.75, 3.05) is 11.5 Å². The van der Waals surface area contributed by atoms with Gasteiger partial charge in [-0.3, -0.25) is 14.5 Å². The molecule has 0 aliphatic carbocycles. The van der Waals surface area contributed by atoms with Crippen LogP contribution in [0, 0.1) is 13.8 Å². The molecule has 1 N–H and O–H groups in total. The minimum atomic E-state index is -0.895. The Balaban J connectivity index is 1.89. The molecule has 3 aromatic rings. The second-order valence-corrected chi connectivity index (χ2v) is 8.55. The van der Waals surface area contributed by atoms with Crippen LogP contribution in [0.4, 0.5) is 5.13 Å². The van der Waals surface area contributed by atoms with Crippen LogP contribution in [-0.4, -0.2) is 34.4 Å². The van der Waals surface area contributed by atoms with Crippen LogP contribution in [0.5, 0.6) is 0 Å². The number of thiazole rings is 1. The number of benzene rings is 2. The molecule has 1 aliphatic rings. The van der Waals surface area contributed by atoms with Gasteiger partial charge in [-0.2, -0.15) is 0 Å². The zero-order valence-corrected chi connectivity index (χ0v) is 19.2. The second-order valence-electron chi connectivity index (χ2n) is 7.58. The molecular weight excluding hydrogens is 440 g/mol. The molecule has 2 aromatic carbocycles. The largest absolute Gasteiger partial charge is 0.507 e. The number of hydrogen-bond acceptors (Lipinski definition) is 7. The molecule has 1 aliphatic heterocycles. The third-order valence-electron chi connectivity index (χ3n) is 5.34. The molecule has 33 heavy (non-hydrogen) atoms. The first-order chi connectivity index (χ1) is 15.8. The number of hydrogen-bond donors (Lipinski definition) is 1. The number of aliphatic hydroxyl groups is 1. The average Bonchev–Trinajstić information content (AvgIpc) is 3.31. The molecule has 2 heterocycles. The van der Waals surface area contributed by atoms with Crippen molar-refractivity contribution in [3.63, 3.8) is 0 Å². The van der Waals surface area contributed by atoms with Crippen LogP contribution in [-0.2, 0) is 14.3 Å². The molecule has 0 spiro atoms. The summed E-state index contributed by atoms with van der Waals surface area (Å²) in [7, 11) is 0. The average molecular weight is 463 g/mol. The highest BCUT2D eigenvalue weighted by Gasteiger charge is 2.48. The van der Waals surface area contributed by atoms with E-state index in [2.05, 4.69) is 4.98 Å². The fraction of sp³-hybridized carbons (Fsp3) is 0.200. The number of aliphatic hydroxyl groups excluding tert-OH is 1. The van der Waals surface area contributed by atoms with Crippen LogP contribution < -0.4 is 4.90 Å². The van der Waals surface area contributed by atoms with Gasteiger partial charge in [-0.25, -0.2) is 9.78 Å². The van der Waals surface area contributed by atoms with Gasteiger partial charge >= 0.3 is 11.9 Å². The number of amides is 1. The zero-order valence-electron chi connectivity index (χ0n) is 18.4. The molecule has 7 nitrogen and oxygen atoms in total. The van der Waals surface area contributed by atoms with E-state index in [-0.39, 0.29) is 27.9 Å². The summed E-state index contributed by atoms with van der Waals surface area (Å²) >= 11 is 0.984. The van der Waals surface area contributed by atoms with Crippen molar-refractivity contribution in [3.05, 3.63) is 87.4 Å². The Morgan fingerprint density at radius 1 is 1.09 bits per heavy atom. The Hall–Kier alpha value is -3.78. The Bertz CT molecular complexity index is 1260. The number of nitrogens with zero attached hydrogens (tertiary/aromatic N) is 2. The van der Waals surface area contributed by atoms with E-state index in [4.69, 9.17) is 4.74 Å². The monoisotopic (exact) mass is 462 g/mol. The van der Waals surface area contributed by atoms with Crippen molar-refractivity contribution in [1.82, 2.24) is 4.98 Å². The number of carbonyl (C=O) groups is 3. The van der Waals surface area contributed by atoms with Crippen LogP contribution in [0.1, 0.15) is 45.0 Å². The first kappa shape index (κ1) is 22.4. The number of aryl methyl sites for hydroxylation is 2. The standard InChI is InChI=1S/C25H22N2O5S/c1-4-32-24(31)22-15(3)26-25(33-22)27-19(16-8-6-5-7-9-16)18(21(29)23(27)30)20(28)17-12-10-14(2)11-13-17/h5-13,19,28H,4H2,1-3H3. The van der Waals surface area contributed by atoms with Gasteiger partial charge in [-0.15, -0.1) is 0 Å². The third-order valence-corrected chi connectivity index (χ3v) is 6.47. The van der Waals surface area contributed by atoms with Crippen LogP contribution in [0.15, 0.2) is 60.2 Å². The van der Waals surface area contributed by atoms with Gasteiger partial charge in [0.15, 0.2) is 5.13 Å². The molecule has 1 fully saturated rings. The molecule has 0 radical (unpaired) electrons. The van der Waals surface area contributed by atoms with Crippen LogP contribution in [0.3, 0.4) is 0 Å². The maximum absolute atomic E-state index is 13.2. The normalized spacial score (nSPS) is 17.4. The maximum atomic E-state index is 13.2. The fourth-order valence-corrected chi connectivity index (χ4v) is 4.71. The van der Waals surface area contributed by atoms with E-state index < -0.39 is 23.7 Å². The number of anilines is 1. The summed E-state index contributed by atoms with van der Waals surface area (Å²) in [6.45, 7) is 5.47. The molecular formula is C25H22N2O5S. The van der Waals surface area contributed by atoms with Gasteiger partial charge in [0.25, 0.3) is 5.78 Å². The summed E-state index contributed by atoms with van der Waals surface area (Å²) in [6.07, 6.45) is 0. The Morgan fingerprint density at radius 3 is 2.39 bits per heavy atom. The van der Waals surface area contributed by atoms with Gasteiger partial charge in [0.1, 0.15) is 10.6 Å². The lowest BCUT2D eigenvalue weighted by Crippen LogP contribution is -2.29. The van der Waals surface area contributed by atoms with Gasteiger partial charge in [-0.05, 0) is 26.3 Å². The number of carbonyl (C=O) groups excluding carboxylic acids is 3. The molecule has 8 heteroatoms. The van der Waals surface area contributed by atoms with Gasteiger partial charge in [0.2, 0.25) is 0 Å². The summed E-state index contributed by atoms with van der Waals surface area (Å²) < 4.78 is 5.08. The number of ketones is 1. The van der Waals surface area contributed by atoms with E-state index in [9.17, 15) is 19.5 Å². The summed E-state index contributed by atoms with van der Waals surface area (Å²) in [5, 5.41) is 11.3. The molecule has 168 valence electrons. The molecule has 0 bridgehead atoms. The molecule has 1 aromatic heterocycles. The van der Waals surface area contributed by atoms with Gasteiger partial charge in [0.05, 0.1) is 23.9 Å². The summed E-state index contributed by atoms with van der Waals surface area (Å²) in [4.78, 5) is 44.6. The highest BCUT2D eigenvalue weighted by Crippen LogP contribution is 2.43. The van der Waals surface area contributed by atoms with Crippen molar-refractivity contribution >= 4 is 39.9 Å². The van der Waals surface area contributed by atoms with Crippen LogP contribution >= 0.6 is 11.3 Å². The van der Waals surface area contributed by atoms with E-state index in [1.165, 1.54) is 4.90 Å². The first-order valence-corrected chi connectivity index (χ1v) is 11.2. The number of ether oxygens (including phenoxy) is 1. The van der Waals surface area contributed by atoms with Crippen molar-refractivity contribution in [3.8, 4) is 0 Å². The van der Waals surface area contributed by atoms with Gasteiger partial charge < -0.3 is 9.84 Å². The summed E-state index contributed by atoms with van der Waals surface area (Å²) in [6, 6.07) is 15.1. The molecule has 0 saturated carbocycles. The Morgan fingerprint density at radius 2 is 1.76 bits per heavy atom. The van der Waals surface area contributed by atoms with E-state index in [0.29, 0.717) is 16.8 Å². The fourth-order valence-electron chi connectivity index (χ4n) is 3.72. The van der Waals surface area contributed by atoms with Crippen molar-refractivity contribution in [2.24, 2.45) is 0 Å². The molecule has 1 atom stereocenters. The van der Waals surface area contributed by atoms with E-state index in [1.807, 2.05) is 25.1 Å². The SMILES string of the molecule is CCOC(=O)c1sc(N2C(=O)C(=O)C(=C(O)c3ccc(C)cc3)C2c2ccccc2)nc1C. The van der Waals surface area contributed by atoms with E-state index in [0.717, 1.165) is 16.9 Å². The Labute approximate surface area is 195 Å². The second kappa shape index (κ2) is 8.99. The van der Waals surface area contributed by atoms with Crippen molar-refractivity contribution in [1.29, 1.82) is 0 Å². The lowest BCUT2D eigenvalue weighted by atomic mass is 9.95. The maximum Gasteiger partial charge on any atom is 0.350 e. The minimum absolute atomic E-state index is 0.0272. The quantitative estimate of drug-likeness (QED) is 0.258. The van der Waals surface area contributed by atoms with Crippen LogP contribution in [0.25, 0.3) is 5.76 Å². The third kappa shape index (κ3) is 4.05. The predicted molar refractivity (Wildman–Crippen MR) is 125 cm³/mol. The lowest BCUT2D eigenvalue weighted by Gasteiger charge is -2.23. The minimum Gasteiger partial charge on any atom is -0.507 e. The van der Waals surface area contributed by atoms with Crippen molar-refractivity contribution < 1.29 is 24.2 Å². The highest BCUT2D eigenvalue weighted by molar-refractivity contribution is 7.17. The first-order valence-electron chi connectivity index (χ1n) is 10.4. The number of aromatic nitrogens is 1. The lowest BCUT2D eigenvalue weighted by molar-refractivity contribution is -0.132. The molecule has 4 rings (SSSR count). The van der Waals surface area contributed by atoms with Crippen molar-refractivity contribution in [2.45, 2.75) is 26.8 Å². The predicted octanol–water partition coefficient (Wildman–Crippen LogP) is 4.56. The highest BCUT2D eigenvalue weighted by atomic mass is 32.1. The Kier molecular flexibility index (Phi) is 6.11. The zero-order chi connectivity index (χ0) is 23.7.